The van der Waals surface area contributed by atoms with E-state index in [1.807, 2.05) is 33.8 Å². The van der Waals surface area contributed by atoms with Crippen molar-refractivity contribution in [3.8, 4) is 11.4 Å². The van der Waals surface area contributed by atoms with Crippen LogP contribution in [0.15, 0.2) is 41.6 Å². The topological polar surface area (TPSA) is 97.3 Å². The second-order valence-electron chi connectivity index (χ2n) is 10.1. The van der Waals surface area contributed by atoms with E-state index in [0.717, 1.165) is 5.69 Å². The van der Waals surface area contributed by atoms with Gasteiger partial charge in [0, 0.05) is 49.8 Å². The predicted octanol–water partition coefficient (Wildman–Crippen LogP) is 3.30. The highest BCUT2D eigenvalue weighted by molar-refractivity contribution is 5.69. The number of carbonyl (C=O) groups is 1. The molecule has 1 fully saturated rings. The van der Waals surface area contributed by atoms with Crippen LogP contribution in [-0.2, 0) is 4.74 Å². The van der Waals surface area contributed by atoms with Gasteiger partial charge < -0.3 is 18.9 Å². The highest BCUT2D eigenvalue weighted by Crippen LogP contribution is 2.23. The van der Waals surface area contributed by atoms with Gasteiger partial charge in [0.2, 0.25) is 0 Å². The molecular weight excluding hydrogens is 465 g/mol. The quantitative estimate of drug-likeness (QED) is 0.423. The Hall–Kier alpha value is -4.02. The second-order valence-corrected chi connectivity index (χ2v) is 10.1. The number of rotatable bonds is 2. The molecule has 4 aromatic heterocycles. The summed E-state index contributed by atoms with van der Waals surface area (Å²) < 4.78 is 23.0. The molecule has 0 radical (unpaired) electrons. The van der Waals surface area contributed by atoms with Gasteiger partial charge in [0.15, 0.2) is 17.3 Å². The van der Waals surface area contributed by atoms with E-state index in [9.17, 15) is 14.0 Å². The number of hydrogen-bond donors (Lipinski definition) is 0. The second kappa shape index (κ2) is 8.58. The number of piperazine rings is 1. The molecule has 1 amide bonds. The zero-order chi connectivity index (χ0) is 25.8. The van der Waals surface area contributed by atoms with Gasteiger partial charge in [0.1, 0.15) is 11.2 Å². The number of ether oxygens (including phenoxy) is 1. The summed E-state index contributed by atoms with van der Waals surface area (Å²) in [6, 6.07) is 4.83. The number of aromatic nitrogens is 5. The Kier molecular flexibility index (Phi) is 5.65. The van der Waals surface area contributed by atoms with Crippen molar-refractivity contribution in [3.05, 3.63) is 58.8 Å². The fourth-order valence-electron chi connectivity index (χ4n) is 4.41. The van der Waals surface area contributed by atoms with Gasteiger partial charge in [-0.05, 0) is 52.8 Å². The molecule has 0 spiro atoms. The van der Waals surface area contributed by atoms with E-state index < -0.39 is 17.1 Å². The van der Waals surface area contributed by atoms with E-state index in [-0.39, 0.29) is 23.6 Å². The summed E-state index contributed by atoms with van der Waals surface area (Å²) in [5.41, 5.74) is 1.42. The molecule has 1 saturated heterocycles. The normalized spacial score (nSPS) is 16.7. The number of hydrogen-bond acceptors (Lipinski definition) is 7. The van der Waals surface area contributed by atoms with Crippen molar-refractivity contribution in [2.75, 3.05) is 24.5 Å². The minimum Gasteiger partial charge on any atom is -0.444 e. The summed E-state index contributed by atoms with van der Waals surface area (Å²) in [6.07, 6.45) is 4.72. The maximum atomic E-state index is 14.5. The van der Waals surface area contributed by atoms with Gasteiger partial charge in [-0.2, -0.15) is 4.98 Å². The highest BCUT2D eigenvalue weighted by atomic mass is 19.1. The summed E-state index contributed by atoms with van der Waals surface area (Å²) in [6.45, 7) is 11.0. The number of halogens is 1. The van der Waals surface area contributed by atoms with Crippen LogP contribution < -0.4 is 10.6 Å². The predicted molar refractivity (Wildman–Crippen MR) is 133 cm³/mol. The summed E-state index contributed by atoms with van der Waals surface area (Å²) in [4.78, 5) is 42.0. The van der Waals surface area contributed by atoms with Crippen LogP contribution in [0, 0.1) is 12.7 Å². The van der Waals surface area contributed by atoms with E-state index in [0.29, 0.717) is 36.5 Å². The number of anilines is 1. The molecule has 0 aromatic carbocycles. The van der Waals surface area contributed by atoms with Crippen molar-refractivity contribution >= 4 is 23.1 Å². The van der Waals surface area contributed by atoms with Crippen LogP contribution in [0.4, 0.5) is 14.9 Å². The van der Waals surface area contributed by atoms with Crippen LogP contribution >= 0.6 is 0 Å². The lowest BCUT2D eigenvalue weighted by Crippen LogP contribution is -2.55. The molecule has 0 saturated carbocycles. The Morgan fingerprint density at radius 2 is 1.89 bits per heavy atom. The fourth-order valence-corrected chi connectivity index (χ4v) is 4.41. The molecule has 36 heavy (non-hydrogen) atoms. The number of pyridine rings is 2. The van der Waals surface area contributed by atoms with Crippen molar-refractivity contribution in [2.45, 2.75) is 46.3 Å². The Morgan fingerprint density at radius 3 is 2.61 bits per heavy atom. The first-order valence-electron chi connectivity index (χ1n) is 11.8. The van der Waals surface area contributed by atoms with Crippen LogP contribution in [0.5, 0.6) is 0 Å². The lowest BCUT2D eigenvalue weighted by atomic mass is 10.1. The SMILES string of the molecule is Cc1cn2cc(-c3nc(=O)n4cc(N5CCN(C(=O)OC(C)(C)C)[C@H](C)C5)ccc4n3)cc(F)c2n1. The number of fused-ring (bicyclic) bond motifs is 2. The molecule has 4 aromatic rings. The number of carbonyl (C=O) groups excluding carboxylic acids is 1. The first-order valence-corrected chi connectivity index (χ1v) is 11.8. The fraction of sp³-hybridized carbons (Fsp3) is 0.400. The zero-order valence-electron chi connectivity index (χ0n) is 20.9. The minimum absolute atomic E-state index is 0.0729. The Balaban J connectivity index is 1.41. The monoisotopic (exact) mass is 493 g/mol. The third-order valence-corrected chi connectivity index (χ3v) is 6.05. The Labute approximate surface area is 207 Å². The molecule has 0 N–H and O–H groups in total. The van der Waals surface area contributed by atoms with Crippen molar-refractivity contribution in [2.24, 2.45) is 0 Å². The molecule has 188 valence electrons. The minimum atomic E-state index is -0.554. The van der Waals surface area contributed by atoms with Gasteiger partial charge in [-0.1, -0.05) is 0 Å². The van der Waals surface area contributed by atoms with Crippen molar-refractivity contribution in [3.63, 3.8) is 0 Å². The summed E-state index contributed by atoms with van der Waals surface area (Å²) in [5, 5.41) is 0. The molecule has 1 aliphatic rings. The summed E-state index contributed by atoms with van der Waals surface area (Å²) >= 11 is 0. The summed E-state index contributed by atoms with van der Waals surface area (Å²) in [7, 11) is 0. The first-order chi connectivity index (χ1) is 17.0. The first kappa shape index (κ1) is 23.7. The van der Waals surface area contributed by atoms with Crippen LogP contribution in [0.2, 0.25) is 0 Å². The average Bonchev–Trinajstić information content (AvgIpc) is 3.18. The Morgan fingerprint density at radius 1 is 1.11 bits per heavy atom. The van der Waals surface area contributed by atoms with Crippen LogP contribution in [-0.4, -0.2) is 66.0 Å². The molecule has 0 unspecified atom stereocenters. The van der Waals surface area contributed by atoms with Crippen LogP contribution in [0.25, 0.3) is 22.7 Å². The van der Waals surface area contributed by atoms with Gasteiger partial charge >= 0.3 is 11.8 Å². The van der Waals surface area contributed by atoms with E-state index in [1.54, 1.807) is 40.9 Å². The lowest BCUT2D eigenvalue weighted by Gasteiger charge is -2.41. The van der Waals surface area contributed by atoms with E-state index in [1.165, 1.54) is 10.5 Å². The van der Waals surface area contributed by atoms with Gasteiger partial charge in [0.05, 0.1) is 11.4 Å². The largest absolute Gasteiger partial charge is 0.444 e. The molecule has 1 atom stereocenters. The zero-order valence-corrected chi connectivity index (χ0v) is 20.9. The average molecular weight is 494 g/mol. The smallest absolute Gasteiger partial charge is 0.410 e. The van der Waals surface area contributed by atoms with Crippen molar-refractivity contribution in [1.82, 2.24) is 28.7 Å². The maximum Gasteiger partial charge on any atom is 0.410 e. The standard InChI is InChI=1S/C25H28FN7O3/c1-15-11-31-13-17(10-19(26)22(31)27-15)21-28-20-7-6-18(14-33(20)23(34)29-21)30-8-9-32(16(2)12-30)24(35)36-25(3,4)5/h6-7,10-11,13-14,16H,8-9,12H2,1-5H3/t16-/m1/s1. The van der Waals surface area contributed by atoms with Gasteiger partial charge in [-0.3, -0.25) is 0 Å². The van der Waals surface area contributed by atoms with E-state index in [2.05, 4.69) is 19.9 Å². The van der Waals surface area contributed by atoms with Crippen molar-refractivity contribution < 1.29 is 13.9 Å². The third kappa shape index (κ3) is 4.48. The molecule has 5 heterocycles. The van der Waals surface area contributed by atoms with Gasteiger partial charge in [-0.15, -0.1) is 0 Å². The van der Waals surface area contributed by atoms with Crippen molar-refractivity contribution in [1.29, 1.82) is 0 Å². The molecule has 10 nitrogen and oxygen atoms in total. The number of nitrogens with zero attached hydrogens (tertiary/aromatic N) is 7. The number of imidazole rings is 1. The van der Waals surface area contributed by atoms with E-state index in [4.69, 9.17) is 4.74 Å². The van der Waals surface area contributed by atoms with Gasteiger partial charge in [-0.25, -0.2) is 28.3 Å². The Bertz CT molecular complexity index is 1540. The van der Waals surface area contributed by atoms with Crippen LogP contribution in [0.1, 0.15) is 33.4 Å². The molecule has 1 aliphatic heterocycles. The maximum absolute atomic E-state index is 14.5. The lowest BCUT2D eigenvalue weighted by molar-refractivity contribution is 0.0159. The van der Waals surface area contributed by atoms with E-state index >= 15 is 0 Å². The number of aryl methyl sites for hydroxylation is 1. The van der Waals surface area contributed by atoms with Crippen LogP contribution in [0.3, 0.4) is 0 Å². The molecule has 0 bridgehead atoms. The molecule has 0 aliphatic carbocycles. The molecule has 5 rings (SSSR count). The third-order valence-electron chi connectivity index (χ3n) is 6.05. The molecular formula is C25H28FN7O3. The summed E-state index contributed by atoms with van der Waals surface area (Å²) in [5.74, 6) is -0.376. The number of amides is 1. The molecule has 11 heteroatoms. The van der Waals surface area contributed by atoms with Gasteiger partial charge in [0.25, 0.3) is 0 Å². The highest BCUT2D eigenvalue weighted by Gasteiger charge is 2.31.